The smallest absolute Gasteiger partial charge is 0.206 e. The second kappa shape index (κ2) is 8.85. The van der Waals surface area contributed by atoms with E-state index in [1.54, 1.807) is 24.3 Å². The highest BCUT2D eigenvalue weighted by Crippen LogP contribution is 2.32. The van der Waals surface area contributed by atoms with Crippen molar-refractivity contribution in [1.82, 2.24) is 4.90 Å². The van der Waals surface area contributed by atoms with Crippen molar-refractivity contribution in [3.8, 4) is 0 Å². The Morgan fingerprint density at radius 3 is 2.06 bits per heavy atom. The summed E-state index contributed by atoms with van der Waals surface area (Å²) >= 11 is 0. The molecule has 0 bridgehead atoms. The van der Waals surface area contributed by atoms with E-state index in [2.05, 4.69) is 24.0 Å². The van der Waals surface area contributed by atoms with Crippen LogP contribution in [0.3, 0.4) is 0 Å². The Bertz CT molecular complexity index is 1150. The molecule has 5 heteroatoms. The molecule has 1 aliphatic heterocycles. The van der Waals surface area contributed by atoms with E-state index in [0.29, 0.717) is 15.7 Å². The van der Waals surface area contributed by atoms with Gasteiger partial charge >= 0.3 is 0 Å². The SMILES string of the molecule is Cc1ccc(S(=O)(=O)c2ccc(CN3CCC(c4cc(N)ccc4C)CC3)cc2)cc1. The zero-order chi connectivity index (χ0) is 22.0. The van der Waals surface area contributed by atoms with Crippen molar-refractivity contribution in [1.29, 1.82) is 0 Å². The molecule has 1 saturated heterocycles. The third-order valence-electron chi connectivity index (χ3n) is 6.30. The highest BCUT2D eigenvalue weighted by molar-refractivity contribution is 7.91. The molecule has 0 saturated carbocycles. The molecule has 0 aromatic heterocycles. The molecule has 4 nitrogen and oxygen atoms in total. The average Bonchev–Trinajstić information content (AvgIpc) is 2.77. The minimum absolute atomic E-state index is 0.338. The van der Waals surface area contributed by atoms with E-state index in [0.717, 1.165) is 49.3 Å². The van der Waals surface area contributed by atoms with Gasteiger partial charge < -0.3 is 5.73 Å². The van der Waals surface area contributed by atoms with Gasteiger partial charge in [0.15, 0.2) is 0 Å². The van der Waals surface area contributed by atoms with Crippen LogP contribution in [0.2, 0.25) is 0 Å². The number of aryl methyl sites for hydroxylation is 2. The Morgan fingerprint density at radius 2 is 1.45 bits per heavy atom. The fourth-order valence-electron chi connectivity index (χ4n) is 4.39. The third-order valence-corrected chi connectivity index (χ3v) is 8.09. The van der Waals surface area contributed by atoms with Crippen molar-refractivity contribution in [2.45, 2.75) is 48.9 Å². The predicted molar refractivity (Wildman–Crippen MR) is 126 cm³/mol. The summed E-state index contributed by atoms with van der Waals surface area (Å²) in [6, 6.07) is 20.6. The van der Waals surface area contributed by atoms with Crippen molar-refractivity contribution < 1.29 is 8.42 Å². The van der Waals surface area contributed by atoms with Gasteiger partial charge in [0.1, 0.15) is 0 Å². The summed E-state index contributed by atoms with van der Waals surface area (Å²) in [6.07, 6.45) is 2.23. The number of benzene rings is 3. The lowest BCUT2D eigenvalue weighted by Gasteiger charge is -2.33. The van der Waals surface area contributed by atoms with Gasteiger partial charge in [0, 0.05) is 12.2 Å². The zero-order valence-corrected chi connectivity index (χ0v) is 19.0. The van der Waals surface area contributed by atoms with Gasteiger partial charge in [-0.3, -0.25) is 4.90 Å². The van der Waals surface area contributed by atoms with Crippen molar-refractivity contribution in [3.05, 3.63) is 89.0 Å². The number of anilines is 1. The van der Waals surface area contributed by atoms with Crippen LogP contribution in [0, 0.1) is 13.8 Å². The first kappa shape index (κ1) is 21.6. The first-order chi connectivity index (χ1) is 14.8. The molecule has 4 rings (SSSR count). The Balaban J connectivity index is 1.39. The molecule has 0 amide bonds. The van der Waals surface area contributed by atoms with E-state index >= 15 is 0 Å². The monoisotopic (exact) mass is 434 g/mol. The number of piperidine rings is 1. The quantitative estimate of drug-likeness (QED) is 0.568. The van der Waals surface area contributed by atoms with Gasteiger partial charge in [-0.2, -0.15) is 0 Å². The fraction of sp³-hybridized carbons (Fsp3) is 0.308. The minimum Gasteiger partial charge on any atom is -0.399 e. The summed E-state index contributed by atoms with van der Waals surface area (Å²) in [5.41, 5.74) is 11.7. The van der Waals surface area contributed by atoms with Gasteiger partial charge in [-0.1, -0.05) is 35.9 Å². The van der Waals surface area contributed by atoms with Crippen LogP contribution in [0.1, 0.15) is 41.0 Å². The lowest BCUT2D eigenvalue weighted by Crippen LogP contribution is -2.32. The number of nitrogens with two attached hydrogens (primary N) is 1. The second-order valence-electron chi connectivity index (χ2n) is 8.63. The largest absolute Gasteiger partial charge is 0.399 e. The van der Waals surface area contributed by atoms with E-state index in [1.807, 2.05) is 37.3 Å². The average molecular weight is 435 g/mol. The maximum Gasteiger partial charge on any atom is 0.206 e. The van der Waals surface area contributed by atoms with Crippen molar-refractivity contribution in [2.24, 2.45) is 0 Å². The van der Waals surface area contributed by atoms with Gasteiger partial charge in [0.25, 0.3) is 0 Å². The Labute approximate surface area is 185 Å². The topological polar surface area (TPSA) is 63.4 Å². The Kier molecular flexibility index (Phi) is 6.17. The maximum atomic E-state index is 12.8. The number of hydrogen-bond donors (Lipinski definition) is 1. The van der Waals surface area contributed by atoms with E-state index in [1.165, 1.54) is 11.1 Å². The molecule has 3 aromatic carbocycles. The molecule has 0 aliphatic carbocycles. The molecule has 0 atom stereocenters. The molecule has 0 spiro atoms. The molecule has 1 aliphatic rings. The minimum atomic E-state index is -3.47. The summed E-state index contributed by atoms with van der Waals surface area (Å²) in [5.74, 6) is 0.557. The first-order valence-electron chi connectivity index (χ1n) is 10.8. The molecule has 162 valence electrons. The molecule has 2 N–H and O–H groups in total. The number of rotatable bonds is 5. The van der Waals surface area contributed by atoms with Crippen LogP contribution in [-0.4, -0.2) is 26.4 Å². The number of sulfone groups is 1. The Hall–Kier alpha value is -2.63. The standard InChI is InChI=1S/C26H30N2O2S/c1-19-3-9-24(10-4-19)31(29,30)25-11-6-21(7-12-25)18-28-15-13-22(14-16-28)26-17-23(27)8-5-20(26)2/h3-12,17,22H,13-16,18,27H2,1-2H3. The van der Waals surface area contributed by atoms with E-state index in [9.17, 15) is 8.42 Å². The van der Waals surface area contributed by atoms with Gasteiger partial charge in [-0.25, -0.2) is 8.42 Å². The molecule has 1 heterocycles. The molecule has 1 fully saturated rings. The first-order valence-corrected chi connectivity index (χ1v) is 12.3. The van der Waals surface area contributed by atoms with Crippen LogP contribution in [-0.2, 0) is 16.4 Å². The highest BCUT2D eigenvalue weighted by atomic mass is 32.2. The highest BCUT2D eigenvalue weighted by Gasteiger charge is 2.22. The predicted octanol–water partition coefficient (Wildman–Crippen LogP) is 5.10. The maximum absolute atomic E-state index is 12.8. The molecule has 3 aromatic rings. The summed E-state index contributed by atoms with van der Waals surface area (Å²) in [5, 5.41) is 0. The summed E-state index contributed by atoms with van der Waals surface area (Å²) in [4.78, 5) is 3.13. The van der Waals surface area contributed by atoms with E-state index < -0.39 is 9.84 Å². The van der Waals surface area contributed by atoms with Crippen LogP contribution in [0.15, 0.2) is 76.5 Å². The summed E-state index contributed by atoms with van der Waals surface area (Å²) in [7, 11) is -3.47. The van der Waals surface area contributed by atoms with Gasteiger partial charge in [0.05, 0.1) is 9.79 Å². The molecular formula is C26H30N2O2S. The summed E-state index contributed by atoms with van der Waals surface area (Å²) in [6.45, 7) is 7.01. The number of likely N-dealkylation sites (tertiary alicyclic amines) is 1. The van der Waals surface area contributed by atoms with Crippen LogP contribution >= 0.6 is 0 Å². The van der Waals surface area contributed by atoms with Gasteiger partial charge in [0.2, 0.25) is 9.84 Å². The van der Waals surface area contributed by atoms with Crippen LogP contribution < -0.4 is 5.73 Å². The second-order valence-corrected chi connectivity index (χ2v) is 10.6. The lowest BCUT2D eigenvalue weighted by molar-refractivity contribution is 0.204. The molecule has 0 unspecified atom stereocenters. The fourth-order valence-corrected chi connectivity index (χ4v) is 5.65. The molecular weight excluding hydrogens is 404 g/mol. The zero-order valence-electron chi connectivity index (χ0n) is 18.2. The van der Waals surface area contributed by atoms with Crippen molar-refractivity contribution in [2.75, 3.05) is 18.8 Å². The lowest BCUT2D eigenvalue weighted by atomic mass is 9.86. The van der Waals surface area contributed by atoms with Gasteiger partial charge in [-0.15, -0.1) is 0 Å². The van der Waals surface area contributed by atoms with Crippen LogP contribution in [0.4, 0.5) is 5.69 Å². The number of hydrogen-bond acceptors (Lipinski definition) is 4. The number of nitrogen functional groups attached to an aromatic ring is 1. The van der Waals surface area contributed by atoms with Crippen molar-refractivity contribution >= 4 is 15.5 Å². The molecule has 0 radical (unpaired) electrons. The van der Waals surface area contributed by atoms with Crippen LogP contribution in [0.5, 0.6) is 0 Å². The van der Waals surface area contributed by atoms with E-state index in [4.69, 9.17) is 5.73 Å². The molecule has 31 heavy (non-hydrogen) atoms. The van der Waals surface area contributed by atoms with Crippen molar-refractivity contribution in [3.63, 3.8) is 0 Å². The third kappa shape index (κ3) is 4.83. The van der Waals surface area contributed by atoms with Crippen LogP contribution in [0.25, 0.3) is 0 Å². The van der Waals surface area contributed by atoms with Gasteiger partial charge in [-0.05, 0) is 98.8 Å². The number of nitrogens with zero attached hydrogens (tertiary/aromatic N) is 1. The van der Waals surface area contributed by atoms with E-state index in [-0.39, 0.29) is 0 Å². The normalized spacial score (nSPS) is 15.8. The Morgan fingerprint density at radius 1 is 0.871 bits per heavy atom. The summed E-state index contributed by atoms with van der Waals surface area (Å²) < 4.78 is 25.7.